The van der Waals surface area contributed by atoms with Gasteiger partial charge in [-0.3, -0.25) is 14.7 Å². The molecule has 0 fully saturated rings. The number of aromatic hydroxyl groups is 1. The van der Waals surface area contributed by atoms with Gasteiger partial charge in [0.2, 0.25) is 0 Å². The number of carbonyl (C=O) groups excluding carboxylic acids is 2. The van der Waals surface area contributed by atoms with E-state index in [0.717, 1.165) is 40.8 Å². The number of carbonyl (C=O) groups is 2. The molecule has 0 radical (unpaired) electrons. The fourth-order valence-electron chi connectivity index (χ4n) is 4.16. The second-order valence-electron chi connectivity index (χ2n) is 8.35. The number of benzene rings is 1. The molecule has 4 N–H and O–H groups in total. The van der Waals surface area contributed by atoms with Gasteiger partial charge in [0.1, 0.15) is 22.2 Å². The topological polar surface area (TPSA) is 120 Å². The number of amides is 2. The lowest BCUT2D eigenvalue weighted by Crippen LogP contribution is -2.25. The first kappa shape index (κ1) is 22.0. The fraction of sp³-hybridized carbons (Fsp3) is 0.240. The first-order chi connectivity index (χ1) is 16.4. The number of aromatic nitrogens is 2. The third-order valence-electron chi connectivity index (χ3n) is 6.18. The third-order valence-corrected chi connectivity index (χ3v) is 7.39. The Morgan fingerprint density at radius 3 is 2.85 bits per heavy atom. The number of H-pyrrole nitrogens is 1. The van der Waals surface area contributed by atoms with E-state index in [0.29, 0.717) is 27.6 Å². The molecule has 0 aliphatic heterocycles. The molecule has 1 aliphatic rings. The van der Waals surface area contributed by atoms with Crippen LogP contribution in [-0.2, 0) is 19.4 Å². The number of hydrogen-bond donors (Lipinski definition) is 4. The molecule has 2 amide bonds. The van der Waals surface area contributed by atoms with Crippen molar-refractivity contribution in [2.75, 3.05) is 5.32 Å². The van der Waals surface area contributed by atoms with Gasteiger partial charge in [0.25, 0.3) is 11.8 Å². The molecule has 3 heterocycles. The highest BCUT2D eigenvalue weighted by atomic mass is 32.1. The molecule has 1 aromatic carbocycles. The van der Waals surface area contributed by atoms with E-state index >= 15 is 0 Å². The molecule has 9 heteroatoms. The number of rotatable bonds is 6. The molecule has 1 aliphatic carbocycles. The Kier molecular flexibility index (Phi) is 5.70. The maximum absolute atomic E-state index is 13.0. The lowest BCUT2D eigenvalue weighted by Gasteiger charge is -2.08. The molecule has 3 aromatic heterocycles. The largest absolute Gasteiger partial charge is 0.507 e. The van der Waals surface area contributed by atoms with Crippen LogP contribution in [0.5, 0.6) is 5.75 Å². The van der Waals surface area contributed by atoms with Gasteiger partial charge in [0, 0.05) is 10.4 Å². The van der Waals surface area contributed by atoms with Gasteiger partial charge >= 0.3 is 0 Å². The van der Waals surface area contributed by atoms with E-state index in [1.165, 1.54) is 11.3 Å². The minimum atomic E-state index is -0.401. The van der Waals surface area contributed by atoms with Crippen molar-refractivity contribution in [3.8, 4) is 17.0 Å². The van der Waals surface area contributed by atoms with Crippen molar-refractivity contribution in [3.63, 3.8) is 0 Å². The maximum atomic E-state index is 13.0. The molecule has 8 nitrogen and oxygen atoms in total. The van der Waals surface area contributed by atoms with Crippen molar-refractivity contribution >= 4 is 28.2 Å². The Bertz CT molecular complexity index is 1380. The number of nitrogens with one attached hydrogen (secondary N) is 3. The highest BCUT2D eigenvalue weighted by molar-refractivity contribution is 7.17. The predicted octanol–water partition coefficient (Wildman–Crippen LogP) is 4.72. The molecule has 0 spiro atoms. The summed E-state index contributed by atoms with van der Waals surface area (Å²) in [4.78, 5) is 27.2. The van der Waals surface area contributed by atoms with Crippen LogP contribution in [0.15, 0.2) is 41.0 Å². The maximum Gasteiger partial charge on any atom is 0.274 e. The monoisotopic (exact) mass is 476 g/mol. The summed E-state index contributed by atoms with van der Waals surface area (Å²) in [5, 5.41) is 23.8. The molecule has 5 rings (SSSR count). The molecule has 0 atom stereocenters. The molecule has 34 heavy (non-hydrogen) atoms. The number of hydrogen-bond acceptors (Lipinski definition) is 6. The van der Waals surface area contributed by atoms with Gasteiger partial charge < -0.3 is 20.2 Å². The summed E-state index contributed by atoms with van der Waals surface area (Å²) in [5.74, 6) is 0.160. The number of phenolic OH excluding ortho intramolecular Hbond substituents is 1. The van der Waals surface area contributed by atoms with Crippen LogP contribution in [0.4, 0.5) is 5.00 Å². The Balaban J connectivity index is 1.37. The lowest BCUT2D eigenvalue weighted by molar-refractivity contribution is 0.0948. The number of phenols is 1. The highest BCUT2D eigenvalue weighted by Gasteiger charge is 2.28. The number of thiophene rings is 1. The zero-order valence-electron chi connectivity index (χ0n) is 18.8. The first-order valence-corrected chi connectivity index (χ1v) is 11.9. The zero-order chi connectivity index (χ0) is 23.8. The highest BCUT2D eigenvalue weighted by Crippen LogP contribution is 2.39. The summed E-state index contributed by atoms with van der Waals surface area (Å²) < 4.78 is 5.30. The van der Waals surface area contributed by atoms with Gasteiger partial charge in [-0.15, -0.1) is 11.3 Å². The van der Waals surface area contributed by atoms with E-state index in [2.05, 4.69) is 20.8 Å². The van der Waals surface area contributed by atoms with Crippen molar-refractivity contribution in [2.24, 2.45) is 0 Å². The van der Waals surface area contributed by atoms with Crippen LogP contribution in [0.1, 0.15) is 54.6 Å². The molecule has 4 aromatic rings. The van der Waals surface area contributed by atoms with Crippen molar-refractivity contribution in [2.45, 2.75) is 39.7 Å². The van der Waals surface area contributed by atoms with Crippen LogP contribution in [0.25, 0.3) is 11.3 Å². The smallest absolute Gasteiger partial charge is 0.274 e. The summed E-state index contributed by atoms with van der Waals surface area (Å²) in [6.45, 7) is 4.03. The van der Waals surface area contributed by atoms with Crippen LogP contribution in [0, 0.1) is 13.8 Å². The molecular weight excluding hydrogens is 452 g/mol. The Hall–Kier alpha value is -3.85. The van der Waals surface area contributed by atoms with E-state index < -0.39 is 5.91 Å². The molecule has 0 saturated heterocycles. The zero-order valence-corrected chi connectivity index (χ0v) is 19.6. The van der Waals surface area contributed by atoms with Gasteiger partial charge in [-0.05, 0) is 74.1 Å². The predicted molar refractivity (Wildman–Crippen MR) is 129 cm³/mol. The molecule has 0 saturated carbocycles. The van der Waals surface area contributed by atoms with Gasteiger partial charge in [0.15, 0.2) is 0 Å². The minimum absolute atomic E-state index is 0.142. The number of nitrogens with zero attached hydrogens (tertiary/aromatic N) is 1. The fourth-order valence-corrected chi connectivity index (χ4v) is 5.44. The first-order valence-electron chi connectivity index (χ1n) is 11.0. The van der Waals surface area contributed by atoms with Crippen LogP contribution in [0.2, 0.25) is 0 Å². The normalized spacial score (nSPS) is 12.5. The van der Waals surface area contributed by atoms with Crippen LogP contribution in [-0.4, -0.2) is 27.1 Å². The van der Waals surface area contributed by atoms with E-state index in [4.69, 9.17) is 4.42 Å². The summed E-state index contributed by atoms with van der Waals surface area (Å²) in [6.07, 6.45) is 4.27. The summed E-state index contributed by atoms with van der Waals surface area (Å²) in [6, 6.07) is 8.84. The Labute approximate surface area is 200 Å². The number of aryl methyl sites for hydroxylation is 2. The SMILES string of the molecule is Cc1ccc(-c2cc(C(=O)Nc3sc4c(c3C(=O)NCc3ccco3)CCC4)[nH]n2)c(O)c1C. The van der Waals surface area contributed by atoms with Gasteiger partial charge in [-0.2, -0.15) is 5.10 Å². The van der Waals surface area contributed by atoms with Crippen molar-refractivity contribution in [3.05, 3.63) is 75.2 Å². The number of aromatic amines is 1. The average Bonchev–Trinajstić information content (AvgIpc) is 3.60. The Morgan fingerprint density at radius 2 is 2.06 bits per heavy atom. The number of anilines is 1. The molecule has 174 valence electrons. The standard InChI is InChI=1S/C25H24N4O4S/c1-13-8-9-16(22(30)14(13)2)18-11-19(29-28-18)23(31)27-25-21(17-6-3-7-20(17)34-25)24(32)26-12-15-5-4-10-33-15/h4-5,8-11,30H,3,6-7,12H2,1-2H3,(H,26,32)(H,27,31)(H,28,29). The summed E-state index contributed by atoms with van der Waals surface area (Å²) in [7, 11) is 0. The third kappa shape index (κ3) is 3.99. The molecule has 0 unspecified atom stereocenters. The van der Waals surface area contributed by atoms with Crippen molar-refractivity contribution in [1.29, 1.82) is 0 Å². The second-order valence-corrected chi connectivity index (χ2v) is 9.45. The van der Waals surface area contributed by atoms with Crippen LogP contribution >= 0.6 is 11.3 Å². The average molecular weight is 477 g/mol. The Morgan fingerprint density at radius 1 is 1.21 bits per heavy atom. The van der Waals surface area contributed by atoms with E-state index in [1.54, 1.807) is 30.5 Å². The summed E-state index contributed by atoms with van der Waals surface area (Å²) in [5.41, 5.74) is 4.51. The molecule has 0 bridgehead atoms. The van der Waals surface area contributed by atoms with Crippen LogP contribution in [0.3, 0.4) is 0 Å². The van der Waals surface area contributed by atoms with Gasteiger partial charge in [-0.1, -0.05) is 6.07 Å². The lowest BCUT2D eigenvalue weighted by atomic mass is 10.0. The number of furan rings is 1. The van der Waals surface area contributed by atoms with Crippen molar-refractivity contribution < 1.29 is 19.1 Å². The van der Waals surface area contributed by atoms with Gasteiger partial charge in [0.05, 0.1) is 24.1 Å². The molecular formula is C25H24N4O4S. The van der Waals surface area contributed by atoms with E-state index in [-0.39, 0.29) is 23.9 Å². The second kappa shape index (κ2) is 8.83. The van der Waals surface area contributed by atoms with E-state index in [1.807, 2.05) is 19.9 Å². The number of fused-ring (bicyclic) bond motifs is 1. The van der Waals surface area contributed by atoms with E-state index in [9.17, 15) is 14.7 Å². The van der Waals surface area contributed by atoms with Crippen LogP contribution < -0.4 is 10.6 Å². The van der Waals surface area contributed by atoms with Crippen molar-refractivity contribution in [1.82, 2.24) is 15.5 Å². The summed E-state index contributed by atoms with van der Waals surface area (Å²) >= 11 is 1.44. The quantitative estimate of drug-likeness (QED) is 0.321. The van der Waals surface area contributed by atoms with Gasteiger partial charge in [-0.25, -0.2) is 0 Å². The minimum Gasteiger partial charge on any atom is -0.507 e.